The first kappa shape index (κ1) is 15.7. The number of esters is 1. The van der Waals surface area contributed by atoms with E-state index in [0.717, 1.165) is 0 Å². The molecule has 2 aromatic carbocycles. The molecule has 0 aliphatic heterocycles. The highest BCUT2D eigenvalue weighted by atomic mass is 19.4. The van der Waals surface area contributed by atoms with E-state index in [1.54, 1.807) is 30.3 Å². The van der Waals surface area contributed by atoms with Gasteiger partial charge in [0.15, 0.2) is 0 Å². The number of hydrogen-bond acceptors (Lipinski definition) is 4. The van der Waals surface area contributed by atoms with Gasteiger partial charge in [0, 0.05) is 11.8 Å². The molecule has 0 aliphatic rings. The normalized spacial score (nSPS) is 10.9. The van der Waals surface area contributed by atoms with Gasteiger partial charge in [-0.05, 0) is 24.3 Å². The van der Waals surface area contributed by atoms with Gasteiger partial charge in [-0.3, -0.25) is 0 Å². The van der Waals surface area contributed by atoms with Crippen molar-refractivity contribution in [2.75, 3.05) is 12.4 Å². The van der Waals surface area contributed by atoms with Crippen LogP contribution >= 0.6 is 0 Å². The quantitative estimate of drug-likeness (QED) is 0.863. The van der Waals surface area contributed by atoms with Gasteiger partial charge in [0.25, 0.3) is 0 Å². The highest BCUT2D eigenvalue weighted by molar-refractivity contribution is 5.96. The maximum atomic E-state index is 12.2. The average molecular weight is 311 g/mol. The molecule has 116 valence electrons. The van der Waals surface area contributed by atoms with Gasteiger partial charge < -0.3 is 14.8 Å². The van der Waals surface area contributed by atoms with E-state index in [4.69, 9.17) is 0 Å². The Kier molecular flexibility index (Phi) is 4.55. The minimum Gasteiger partial charge on any atom is -0.465 e. The number of benzene rings is 2. The van der Waals surface area contributed by atoms with Crippen LogP contribution in [0.3, 0.4) is 0 Å². The molecular weight excluding hydrogens is 299 g/mol. The molecule has 0 amide bonds. The second-order valence-corrected chi connectivity index (χ2v) is 4.24. The van der Waals surface area contributed by atoms with E-state index in [1.807, 2.05) is 0 Å². The van der Waals surface area contributed by atoms with Gasteiger partial charge >= 0.3 is 12.3 Å². The van der Waals surface area contributed by atoms with Crippen molar-refractivity contribution >= 4 is 17.3 Å². The Morgan fingerprint density at radius 1 is 1.09 bits per heavy atom. The van der Waals surface area contributed by atoms with Gasteiger partial charge in [-0.25, -0.2) is 4.79 Å². The lowest BCUT2D eigenvalue weighted by molar-refractivity contribution is -0.274. The second kappa shape index (κ2) is 6.38. The van der Waals surface area contributed by atoms with Crippen LogP contribution in [0.4, 0.5) is 24.5 Å². The molecule has 0 saturated carbocycles. The number of rotatable bonds is 4. The minimum atomic E-state index is -4.76. The van der Waals surface area contributed by atoms with E-state index < -0.39 is 12.3 Å². The smallest absolute Gasteiger partial charge is 0.465 e. The van der Waals surface area contributed by atoms with E-state index in [1.165, 1.54) is 25.3 Å². The summed E-state index contributed by atoms with van der Waals surface area (Å²) in [6, 6.07) is 11.8. The number of nitrogens with one attached hydrogen (secondary N) is 1. The zero-order chi connectivity index (χ0) is 16.2. The first-order valence-electron chi connectivity index (χ1n) is 6.19. The first-order valence-corrected chi connectivity index (χ1v) is 6.19. The Morgan fingerprint density at radius 2 is 1.82 bits per heavy atom. The highest BCUT2D eigenvalue weighted by Gasteiger charge is 2.31. The molecule has 0 bridgehead atoms. The maximum absolute atomic E-state index is 12.2. The van der Waals surface area contributed by atoms with Crippen LogP contribution < -0.4 is 10.1 Å². The molecule has 4 nitrogen and oxygen atoms in total. The van der Waals surface area contributed by atoms with Crippen LogP contribution in [0.25, 0.3) is 0 Å². The molecule has 22 heavy (non-hydrogen) atoms. The van der Waals surface area contributed by atoms with Crippen LogP contribution in [-0.2, 0) is 4.74 Å². The van der Waals surface area contributed by atoms with E-state index in [0.29, 0.717) is 11.4 Å². The van der Waals surface area contributed by atoms with E-state index in [-0.39, 0.29) is 11.3 Å². The molecule has 7 heteroatoms. The predicted molar refractivity (Wildman–Crippen MR) is 74.2 cm³/mol. The van der Waals surface area contributed by atoms with Gasteiger partial charge in [-0.2, -0.15) is 0 Å². The third kappa shape index (κ3) is 4.15. The first-order chi connectivity index (χ1) is 10.4. The van der Waals surface area contributed by atoms with Crippen molar-refractivity contribution in [3.63, 3.8) is 0 Å². The molecule has 0 heterocycles. The molecule has 0 radical (unpaired) electrons. The van der Waals surface area contributed by atoms with Gasteiger partial charge in [0.2, 0.25) is 0 Å². The van der Waals surface area contributed by atoms with Crippen molar-refractivity contribution in [1.82, 2.24) is 0 Å². The molecule has 0 aromatic heterocycles. The van der Waals surface area contributed by atoms with Crippen molar-refractivity contribution in [3.05, 3.63) is 54.1 Å². The summed E-state index contributed by atoms with van der Waals surface area (Å²) in [6.07, 6.45) is -4.76. The molecule has 0 aliphatic carbocycles. The minimum absolute atomic E-state index is 0.271. The van der Waals surface area contributed by atoms with Crippen LogP contribution in [-0.4, -0.2) is 19.4 Å². The molecule has 0 unspecified atom stereocenters. The zero-order valence-corrected chi connectivity index (χ0v) is 11.5. The van der Waals surface area contributed by atoms with Gasteiger partial charge in [-0.1, -0.05) is 18.2 Å². The molecule has 0 saturated heterocycles. The fourth-order valence-corrected chi connectivity index (χ4v) is 1.81. The van der Waals surface area contributed by atoms with Crippen LogP contribution in [0.1, 0.15) is 10.4 Å². The number of methoxy groups -OCH3 is 1. The van der Waals surface area contributed by atoms with Crippen LogP contribution in [0.2, 0.25) is 0 Å². The summed E-state index contributed by atoms with van der Waals surface area (Å²) in [4.78, 5) is 11.6. The lowest BCUT2D eigenvalue weighted by atomic mass is 10.1. The Hall–Kier alpha value is -2.70. The summed E-state index contributed by atoms with van der Waals surface area (Å²) in [6.45, 7) is 0. The zero-order valence-electron chi connectivity index (χ0n) is 11.5. The van der Waals surface area contributed by atoms with Gasteiger partial charge in [0.1, 0.15) is 5.75 Å². The van der Waals surface area contributed by atoms with E-state index >= 15 is 0 Å². The fraction of sp³-hybridized carbons (Fsp3) is 0.133. The van der Waals surface area contributed by atoms with Crippen molar-refractivity contribution < 1.29 is 27.4 Å². The maximum Gasteiger partial charge on any atom is 0.573 e. The van der Waals surface area contributed by atoms with Gasteiger partial charge in [-0.15, -0.1) is 13.2 Å². The summed E-state index contributed by atoms with van der Waals surface area (Å²) in [7, 11) is 1.25. The number of carbonyl (C=O) groups is 1. The van der Waals surface area contributed by atoms with Gasteiger partial charge in [0.05, 0.1) is 18.4 Å². The lowest BCUT2D eigenvalue weighted by Gasteiger charge is -2.13. The summed E-state index contributed by atoms with van der Waals surface area (Å²) < 4.78 is 45.1. The predicted octanol–water partition coefficient (Wildman–Crippen LogP) is 4.12. The highest BCUT2D eigenvalue weighted by Crippen LogP contribution is 2.27. The summed E-state index contributed by atoms with van der Waals surface area (Å²) >= 11 is 0. The molecule has 2 aromatic rings. The van der Waals surface area contributed by atoms with Crippen molar-refractivity contribution in [3.8, 4) is 5.75 Å². The Labute approximate surface area is 124 Å². The second-order valence-electron chi connectivity index (χ2n) is 4.24. The largest absolute Gasteiger partial charge is 0.573 e. The lowest BCUT2D eigenvalue weighted by Crippen LogP contribution is -2.17. The number of anilines is 2. The Bertz CT molecular complexity index is 671. The molecule has 0 fully saturated rings. The van der Waals surface area contributed by atoms with Crippen molar-refractivity contribution in [1.29, 1.82) is 0 Å². The Morgan fingerprint density at radius 3 is 2.50 bits per heavy atom. The third-order valence-electron chi connectivity index (χ3n) is 2.68. The number of hydrogen-bond donors (Lipinski definition) is 1. The molecular formula is C15H12F3NO3. The number of para-hydroxylation sites is 1. The third-order valence-corrected chi connectivity index (χ3v) is 2.68. The van der Waals surface area contributed by atoms with E-state index in [9.17, 15) is 18.0 Å². The number of alkyl halides is 3. The van der Waals surface area contributed by atoms with Crippen molar-refractivity contribution in [2.45, 2.75) is 6.36 Å². The standard InChI is InChI=1S/C15H12F3NO3/c1-21-14(20)12-7-2-3-8-13(12)19-10-5-4-6-11(9-10)22-15(16,17)18/h2-9,19H,1H3. The number of carbonyl (C=O) groups excluding carboxylic acids is 1. The van der Waals surface area contributed by atoms with E-state index in [2.05, 4.69) is 14.8 Å². The topological polar surface area (TPSA) is 47.6 Å². The molecule has 0 atom stereocenters. The van der Waals surface area contributed by atoms with Crippen LogP contribution in [0.5, 0.6) is 5.75 Å². The van der Waals surface area contributed by atoms with Crippen LogP contribution in [0, 0.1) is 0 Å². The summed E-state index contributed by atoms with van der Waals surface area (Å²) in [5.74, 6) is -0.904. The Balaban J connectivity index is 2.25. The monoisotopic (exact) mass is 311 g/mol. The average Bonchev–Trinajstić information content (AvgIpc) is 2.45. The molecule has 0 spiro atoms. The fourth-order valence-electron chi connectivity index (χ4n) is 1.81. The SMILES string of the molecule is COC(=O)c1ccccc1Nc1cccc(OC(F)(F)F)c1. The number of halogens is 3. The van der Waals surface area contributed by atoms with Crippen molar-refractivity contribution in [2.24, 2.45) is 0 Å². The molecule has 1 N–H and O–H groups in total. The molecule has 2 rings (SSSR count). The van der Waals surface area contributed by atoms with Crippen LogP contribution in [0.15, 0.2) is 48.5 Å². The number of ether oxygens (including phenoxy) is 2. The summed E-state index contributed by atoms with van der Waals surface area (Å²) in [5.41, 5.74) is 1.03. The summed E-state index contributed by atoms with van der Waals surface area (Å²) in [5, 5.41) is 2.87.